The quantitative estimate of drug-likeness (QED) is 0.501. The number of carbonyl (C=O) groups excluding carboxylic acids is 1. The summed E-state index contributed by atoms with van der Waals surface area (Å²) in [5.41, 5.74) is 4.28. The highest BCUT2D eigenvalue weighted by molar-refractivity contribution is 7.89. The molecule has 0 saturated heterocycles. The number of carbonyl (C=O) groups is 1. The van der Waals surface area contributed by atoms with Crippen molar-refractivity contribution in [2.24, 2.45) is 5.92 Å². The number of aromatic nitrogens is 1. The van der Waals surface area contributed by atoms with Crippen molar-refractivity contribution in [1.82, 2.24) is 9.71 Å². The van der Waals surface area contributed by atoms with Crippen LogP contribution in [0.5, 0.6) is 0 Å². The molecule has 0 radical (unpaired) electrons. The van der Waals surface area contributed by atoms with E-state index in [0.29, 0.717) is 12.8 Å². The Bertz CT molecular complexity index is 1080. The highest BCUT2D eigenvalue weighted by Crippen LogP contribution is 2.22. The number of benzene rings is 2. The summed E-state index contributed by atoms with van der Waals surface area (Å²) >= 11 is 0. The monoisotopic (exact) mass is 452 g/mol. The van der Waals surface area contributed by atoms with Crippen LogP contribution in [0.4, 0.5) is 0 Å². The number of ether oxygens (including phenoxy) is 1. The van der Waals surface area contributed by atoms with Gasteiger partial charge in [-0.25, -0.2) is 13.4 Å². The number of esters is 1. The minimum absolute atomic E-state index is 0.140. The number of hydrogen-bond acceptors (Lipinski definition) is 5. The Labute approximate surface area is 189 Å². The van der Waals surface area contributed by atoms with Gasteiger partial charge in [0.15, 0.2) is 5.03 Å². The van der Waals surface area contributed by atoms with Gasteiger partial charge in [0.2, 0.25) is 0 Å². The number of nitrogens with one attached hydrogen (secondary N) is 1. The maximum Gasteiger partial charge on any atom is 0.324 e. The highest BCUT2D eigenvalue weighted by atomic mass is 32.2. The molecule has 2 aromatic carbocycles. The maximum atomic E-state index is 13.0. The molecule has 0 fully saturated rings. The van der Waals surface area contributed by atoms with Crippen molar-refractivity contribution in [3.05, 3.63) is 95.2 Å². The second-order valence-corrected chi connectivity index (χ2v) is 9.59. The van der Waals surface area contributed by atoms with E-state index in [4.69, 9.17) is 4.74 Å². The molecule has 168 valence electrons. The normalized spacial score (nSPS) is 12.5. The Kier molecular flexibility index (Phi) is 7.77. The molecule has 1 N–H and O–H groups in total. The highest BCUT2D eigenvalue weighted by Gasteiger charge is 2.34. The zero-order chi connectivity index (χ0) is 23.1. The first kappa shape index (κ1) is 23.6. The number of rotatable bonds is 9. The van der Waals surface area contributed by atoms with Crippen LogP contribution in [0.1, 0.15) is 22.3 Å². The van der Waals surface area contributed by atoms with E-state index in [0.717, 1.165) is 22.3 Å². The molecule has 0 amide bonds. The second-order valence-electron chi connectivity index (χ2n) is 7.93. The van der Waals surface area contributed by atoms with E-state index in [9.17, 15) is 13.2 Å². The summed E-state index contributed by atoms with van der Waals surface area (Å²) in [6.45, 7) is 4.01. The van der Waals surface area contributed by atoms with Gasteiger partial charge < -0.3 is 4.74 Å². The molecule has 1 atom stereocenters. The van der Waals surface area contributed by atoms with Crippen LogP contribution >= 0.6 is 0 Å². The van der Waals surface area contributed by atoms with Gasteiger partial charge in [-0.3, -0.25) is 4.79 Å². The van der Waals surface area contributed by atoms with E-state index in [1.54, 1.807) is 12.1 Å². The van der Waals surface area contributed by atoms with Gasteiger partial charge in [-0.2, -0.15) is 4.72 Å². The van der Waals surface area contributed by atoms with E-state index in [-0.39, 0.29) is 10.9 Å². The molecule has 32 heavy (non-hydrogen) atoms. The largest absolute Gasteiger partial charge is 0.468 e. The lowest BCUT2D eigenvalue weighted by atomic mass is 9.86. The van der Waals surface area contributed by atoms with Gasteiger partial charge in [-0.15, -0.1) is 0 Å². The van der Waals surface area contributed by atoms with E-state index >= 15 is 0 Å². The molecule has 6 nitrogen and oxygen atoms in total. The van der Waals surface area contributed by atoms with Crippen molar-refractivity contribution in [1.29, 1.82) is 0 Å². The summed E-state index contributed by atoms with van der Waals surface area (Å²) in [6.07, 6.45) is 2.40. The van der Waals surface area contributed by atoms with Gasteiger partial charge in [0.25, 0.3) is 10.0 Å². The van der Waals surface area contributed by atoms with E-state index < -0.39 is 22.0 Å². The van der Waals surface area contributed by atoms with Gasteiger partial charge in [0.1, 0.15) is 6.04 Å². The predicted molar refractivity (Wildman–Crippen MR) is 124 cm³/mol. The van der Waals surface area contributed by atoms with E-state index in [2.05, 4.69) is 9.71 Å². The van der Waals surface area contributed by atoms with Gasteiger partial charge in [0, 0.05) is 6.20 Å². The number of methoxy groups -OCH3 is 1. The fourth-order valence-electron chi connectivity index (χ4n) is 3.56. The van der Waals surface area contributed by atoms with Crippen molar-refractivity contribution in [3.63, 3.8) is 0 Å². The fraction of sp³-hybridized carbons (Fsp3) is 0.280. The molecule has 0 saturated carbocycles. The minimum atomic E-state index is -4.02. The Hall–Kier alpha value is -3.03. The van der Waals surface area contributed by atoms with Crippen LogP contribution in [0.2, 0.25) is 0 Å². The van der Waals surface area contributed by atoms with E-state index in [1.807, 2.05) is 62.4 Å². The number of nitrogens with zero attached hydrogens (tertiary/aromatic N) is 1. The molecule has 0 aliphatic rings. The predicted octanol–water partition coefficient (Wildman–Crippen LogP) is 3.62. The third-order valence-corrected chi connectivity index (χ3v) is 6.72. The Morgan fingerprint density at radius 1 is 0.906 bits per heavy atom. The van der Waals surface area contributed by atoms with Gasteiger partial charge >= 0.3 is 5.97 Å². The summed E-state index contributed by atoms with van der Waals surface area (Å²) in [5, 5.41) is -0.140. The number of hydrogen-bond donors (Lipinski definition) is 1. The van der Waals surface area contributed by atoms with Crippen molar-refractivity contribution >= 4 is 16.0 Å². The number of sulfonamides is 1. The van der Waals surface area contributed by atoms with E-state index in [1.165, 1.54) is 19.4 Å². The Morgan fingerprint density at radius 2 is 1.44 bits per heavy atom. The van der Waals surface area contributed by atoms with Crippen LogP contribution in [-0.2, 0) is 32.4 Å². The summed E-state index contributed by atoms with van der Waals surface area (Å²) in [4.78, 5) is 16.7. The minimum Gasteiger partial charge on any atom is -0.468 e. The number of aryl methyl sites for hydroxylation is 2. The zero-order valence-corrected chi connectivity index (χ0v) is 19.3. The molecule has 0 spiro atoms. The average molecular weight is 453 g/mol. The van der Waals surface area contributed by atoms with Crippen LogP contribution < -0.4 is 4.72 Å². The lowest BCUT2D eigenvalue weighted by Gasteiger charge is -2.26. The standard InChI is InChI=1S/C25H28N2O4S/c1-18-7-11-20(12-8-18)16-22(17-21-13-9-19(2)10-14-21)24(25(28)31-3)27-32(29,30)23-6-4-5-15-26-23/h4-15,22,24,27H,16-17H2,1-3H3. The lowest BCUT2D eigenvalue weighted by molar-refractivity contribution is -0.144. The third kappa shape index (κ3) is 6.24. The molecule has 3 rings (SSSR count). The molecular weight excluding hydrogens is 424 g/mol. The summed E-state index contributed by atoms with van der Waals surface area (Å²) in [6, 6.07) is 19.6. The smallest absolute Gasteiger partial charge is 0.324 e. The molecular formula is C25H28N2O4S. The van der Waals surface area contributed by atoms with Gasteiger partial charge in [0.05, 0.1) is 7.11 Å². The summed E-state index contributed by atoms with van der Waals surface area (Å²) in [5.74, 6) is -1.000. The van der Waals surface area contributed by atoms with Gasteiger partial charge in [-0.05, 0) is 55.9 Å². The molecule has 3 aromatic rings. The topological polar surface area (TPSA) is 85.4 Å². The van der Waals surface area contributed by atoms with Crippen LogP contribution in [0.15, 0.2) is 78.0 Å². The van der Waals surface area contributed by atoms with Gasteiger partial charge in [-0.1, -0.05) is 65.7 Å². The van der Waals surface area contributed by atoms with Crippen LogP contribution in [0, 0.1) is 19.8 Å². The summed E-state index contributed by atoms with van der Waals surface area (Å²) in [7, 11) is -2.76. The first-order valence-electron chi connectivity index (χ1n) is 10.4. The van der Waals surface area contributed by atoms with Crippen LogP contribution in [-0.4, -0.2) is 32.5 Å². The van der Waals surface area contributed by atoms with Crippen molar-refractivity contribution < 1.29 is 17.9 Å². The number of pyridine rings is 1. The molecule has 1 unspecified atom stereocenters. The molecule has 0 aliphatic carbocycles. The fourth-order valence-corrected chi connectivity index (χ4v) is 4.76. The van der Waals surface area contributed by atoms with Crippen LogP contribution in [0.25, 0.3) is 0 Å². The van der Waals surface area contributed by atoms with Crippen molar-refractivity contribution in [2.75, 3.05) is 7.11 Å². The lowest BCUT2D eigenvalue weighted by Crippen LogP contribution is -2.48. The molecule has 1 heterocycles. The first-order chi connectivity index (χ1) is 15.3. The van der Waals surface area contributed by atoms with Crippen LogP contribution in [0.3, 0.4) is 0 Å². The molecule has 1 aromatic heterocycles. The average Bonchev–Trinajstić information content (AvgIpc) is 2.80. The summed E-state index contributed by atoms with van der Waals surface area (Å²) < 4.78 is 33.5. The zero-order valence-electron chi connectivity index (χ0n) is 18.5. The first-order valence-corrected chi connectivity index (χ1v) is 11.9. The second kappa shape index (κ2) is 10.5. The Morgan fingerprint density at radius 3 is 1.88 bits per heavy atom. The third-order valence-electron chi connectivity index (χ3n) is 5.36. The van der Waals surface area contributed by atoms with Crippen molar-refractivity contribution in [3.8, 4) is 0 Å². The molecule has 7 heteroatoms. The SMILES string of the molecule is COC(=O)C(NS(=O)(=O)c1ccccn1)C(Cc1ccc(C)cc1)Cc1ccc(C)cc1. The van der Waals surface area contributed by atoms with Crippen molar-refractivity contribution in [2.45, 2.75) is 37.8 Å². The molecule has 0 aliphatic heterocycles. The molecule has 0 bridgehead atoms. The maximum absolute atomic E-state index is 13.0. The Balaban J connectivity index is 1.96.